The number of rotatable bonds is 10. The smallest absolute Gasteiger partial charge is 0.243 e. The molecule has 0 spiro atoms. The molecule has 0 bridgehead atoms. The summed E-state index contributed by atoms with van der Waals surface area (Å²) in [7, 11) is -3.17. The number of carbonyl (C=O) groups is 1. The zero-order valence-electron chi connectivity index (χ0n) is 21.0. The first-order valence-electron chi connectivity index (χ1n) is 12.4. The number of benzene rings is 1. The molecule has 1 fully saturated rings. The number of H-pyrrole nitrogens is 1. The van der Waals surface area contributed by atoms with Crippen LogP contribution in [-0.2, 0) is 21.4 Å². The molecule has 4 N–H and O–H groups in total. The Morgan fingerprint density at radius 3 is 2.76 bits per heavy atom. The van der Waals surface area contributed by atoms with Crippen molar-refractivity contribution in [2.75, 3.05) is 44.3 Å². The van der Waals surface area contributed by atoms with E-state index in [1.54, 1.807) is 23.0 Å². The second-order valence-corrected chi connectivity index (χ2v) is 12.4. The number of anilines is 1. The van der Waals surface area contributed by atoms with Crippen molar-refractivity contribution in [1.29, 1.82) is 0 Å². The van der Waals surface area contributed by atoms with Crippen molar-refractivity contribution < 1.29 is 18.4 Å². The van der Waals surface area contributed by atoms with E-state index in [-0.39, 0.29) is 6.42 Å². The highest BCUT2D eigenvalue weighted by molar-refractivity contribution is 7.88. The number of hydrogen-bond donors (Lipinski definition) is 4. The average molecular weight is 559 g/mol. The van der Waals surface area contributed by atoms with Gasteiger partial charge in [-0.3, -0.25) is 20.0 Å². The number of hydroxylamine groups is 1. The first kappa shape index (κ1) is 26.4. The minimum Gasteiger partial charge on any atom is -0.369 e. The molecule has 0 saturated carbocycles. The van der Waals surface area contributed by atoms with Gasteiger partial charge in [0.05, 0.1) is 28.2 Å². The van der Waals surface area contributed by atoms with Crippen molar-refractivity contribution in [2.45, 2.75) is 25.8 Å². The van der Waals surface area contributed by atoms with Crippen molar-refractivity contribution in [1.82, 2.24) is 34.9 Å². The van der Waals surface area contributed by atoms with Gasteiger partial charge in [0.2, 0.25) is 15.9 Å². The Bertz CT molecular complexity index is 1540. The number of aromatic nitrogens is 4. The highest BCUT2D eigenvalue weighted by atomic mass is 32.2. The summed E-state index contributed by atoms with van der Waals surface area (Å²) in [5.41, 5.74) is 4.28. The lowest BCUT2D eigenvalue weighted by Crippen LogP contribution is -2.47. The number of nitrogens with one attached hydrogen (secondary N) is 3. The monoisotopic (exact) mass is 558 g/mol. The number of hydrogen-bond acceptors (Lipinski definition) is 10. The van der Waals surface area contributed by atoms with Crippen LogP contribution < -0.4 is 10.8 Å². The van der Waals surface area contributed by atoms with E-state index in [1.807, 2.05) is 18.2 Å². The van der Waals surface area contributed by atoms with Crippen LogP contribution in [0, 0.1) is 0 Å². The Kier molecular flexibility index (Phi) is 7.85. The van der Waals surface area contributed by atoms with Gasteiger partial charge in [-0.05, 0) is 25.0 Å². The number of sulfonamides is 1. The molecular weight excluding hydrogens is 528 g/mol. The fraction of sp³-hybridized carbons (Fsp3) is 0.417. The summed E-state index contributed by atoms with van der Waals surface area (Å²) in [4.78, 5) is 24.5. The van der Waals surface area contributed by atoms with Crippen LogP contribution >= 0.6 is 11.3 Å². The van der Waals surface area contributed by atoms with Gasteiger partial charge in [-0.15, -0.1) is 11.3 Å². The summed E-state index contributed by atoms with van der Waals surface area (Å²) >= 11 is 1.63. The minimum absolute atomic E-state index is 0.251. The van der Waals surface area contributed by atoms with Gasteiger partial charge < -0.3 is 5.32 Å². The number of aromatic amines is 1. The molecule has 4 heterocycles. The fourth-order valence-corrected chi connectivity index (χ4v) is 6.50. The maximum absolute atomic E-state index is 11.8. The zero-order chi connectivity index (χ0) is 26.7. The molecule has 14 heteroatoms. The van der Waals surface area contributed by atoms with E-state index in [4.69, 9.17) is 15.2 Å². The lowest BCUT2D eigenvalue weighted by molar-refractivity contribution is -0.129. The Balaban J connectivity index is 1.39. The third-order valence-electron chi connectivity index (χ3n) is 6.58. The molecule has 5 rings (SSSR count). The van der Waals surface area contributed by atoms with Gasteiger partial charge in [0, 0.05) is 61.5 Å². The second-order valence-electron chi connectivity index (χ2n) is 9.32. The Morgan fingerprint density at radius 2 is 2.00 bits per heavy atom. The molecule has 12 nitrogen and oxygen atoms in total. The Hall–Kier alpha value is -3.17. The normalized spacial score (nSPS) is 15.3. The first-order valence-corrected chi connectivity index (χ1v) is 15.1. The third kappa shape index (κ3) is 5.94. The zero-order valence-corrected chi connectivity index (χ0v) is 22.6. The number of piperazine rings is 1. The summed E-state index contributed by atoms with van der Waals surface area (Å²) in [6, 6.07) is 7.96. The van der Waals surface area contributed by atoms with Crippen molar-refractivity contribution in [3.05, 3.63) is 35.3 Å². The second kappa shape index (κ2) is 11.3. The standard InChI is InChI=1S/C24H30N8O4S2/c1-38(35,36)32-11-9-31(10-12-32)15-16-13-20-22(37-16)24(25-8-3-2-7-21(33)30-34)28-23(27-20)17-5-4-6-19-18(17)14-26-29-19/h4-6,13-14,34H,2-3,7-12,15H2,1H3,(H,26,29)(H,30,33)(H,25,27,28). The summed E-state index contributed by atoms with van der Waals surface area (Å²) in [6.45, 7) is 3.65. The van der Waals surface area contributed by atoms with Crippen molar-refractivity contribution in [2.24, 2.45) is 0 Å². The quantitative estimate of drug-likeness (QED) is 0.130. The van der Waals surface area contributed by atoms with E-state index in [0.29, 0.717) is 51.5 Å². The molecule has 38 heavy (non-hydrogen) atoms. The van der Waals surface area contributed by atoms with Crippen LogP contribution in [0.5, 0.6) is 0 Å². The van der Waals surface area contributed by atoms with E-state index >= 15 is 0 Å². The number of thiophene rings is 1. The van der Waals surface area contributed by atoms with Gasteiger partial charge in [0.1, 0.15) is 5.82 Å². The summed E-state index contributed by atoms with van der Waals surface area (Å²) in [6.07, 6.45) is 4.64. The predicted octanol–water partition coefficient (Wildman–Crippen LogP) is 2.40. The highest BCUT2D eigenvalue weighted by Crippen LogP contribution is 2.34. The van der Waals surface area contributed by atoms with Crippen LogP contribution in [0.2, 0.25) is 0 Å². The van der Waals surface area contributed by atoms with E-state index in [9.17, 15) is 13.2 Å². The van der Waals surface area contributed by atoms with Crippen LogP contribution in [0.4, 0.5) is 5.82 Å². The molecule has 4 aromatic rings. The van der Waals surface area contributed by atoms with E-state index in [1.165, 1.54) is 10.6 Å². The minimum atomic E-state index is -3.17. The molecule has 202 valence electrons. The Labute approximate surface area is 224 Å². The maximum Gasteiger partial charge on any atom is 0.243 e. The van der Waals surface area contributed by atoms with Gasteiger partial charge >= 0.3 is 0 Å². The van der Waals surface area contributed by atoms with E-state index < -0.39 is 15.9 Å². The maximum atomic E-state index is 11.8. The van der Waals surface area contributed by atoms with Gasteiger partial charge in [-0.2, -0.15) is 9.40 Å². The van der Waals surface area contributed by atoms with Gasteiger partial charge in [-0.1, -0.05) is 12.1 Å². The summed E-state index contributed by atoms with van der Waals surface area (Å²) in [5, 5.41) is 20.2. The molecule has 0 radical (unpaired) electrons. The fourth-order valence-electron chi connectivity index (χ4n) is 4.57. The molecule has 1 aliphatic rings. The SMILES string of the molecule is CS(=O)(=O)N1CCN(Cc2cc3nc(-c4cccc5[nH]ncc45)nc(NCCCCC(=O)NO)c3s2)CC1. The Morgan fingerprint density at radius 1 is 1.18 bits per heavy atom. The van der Waals surface area contributed by atoms with E-state index in [2.05, 4.69) is 26.5 Å². The molecule has 1 amide bonds. The molecular formula is C24H30N8O4S2. The van der Waals surface area contributed by atoms with Crippen molar-refractivity contribution in [3.8, 4) is 11.4 Å². The van der Waals surface area contributed by atoms with Gasteiger partial charge in [0.15, 0.2) is 5.82 Å². The van der Waals surface area contributed by atoms with Crippen LogP contribution in [0.1, 0.15) is 24.1 Å². The molecule has 3 aromatic heterocycles. The number of nitrogens with zero attached hydrogens (tertiary/aromatic N) is 5. The summed E-state index contributed by atoms with van der Waals surface area (Å²) in [5.74, 6) is 0.929. The number of unbranched alkanes of at least 4 members (excludes halogenated alkanes) is 1. The molecule has 1 aliphatic heterocycles. The van der Waals surface area contributed by atoms with Crippen LogP contribution in [0.25, 0.3) is 32.5 Å². The number of amides is 1. The lowest BCUT2D eigenvalue weighted by atomic mass is 10.1. The predicted molar refractivity (Wildman–Crippen MR) is 146 cm³/mol. The van der Waals surface area contributed by atoms with Crippen LogP contribution in [0.3, 0.4) is 0 Å². The molecule has 0 atom stereocenters. The van der Waals surface area contributed by atoms with Crippen LogP contribution in [0.15, 0.2) is 30.5 Å². The van der Waals surface area contributed by atoms with Gasteiger partial charge in [0.25, 0.3) is 0 Å². The van der Waals surface area contributed by atoms with Crippen molar-refractivity contribution in [3.63, 3.8) is 0 Å². The number of fused-ring (bicyclic) bond motifs is 2. The summed E-state index contributed by atoms with van der Waals surface area (Å²) < 4.78 is 26.2. The van der Waals surface area contributed by atoms with Crippen LogP contribution in [-0.4, -0.2) is 87.9 Å². The molecule has 1 aromatic carbocycles. The largest absolute Gasteiger partial charge is 0.369 e. The van der Waals surface area contributed by atoms with Crippen molar-refractivity contribution >= 4 is 54.2 Å². The third-order valence-corrected chi connectivity index (χ3v) is 8.99. The molecule has 1 saturated heterocycles. The van der Waals surface area contributed by atoms with Gasteiger partial charge in [-0.25, -0.2) is 23.9 Å². The highest BCUT2D eigenvalue weighted by Gasteiger charge is 2.24. The molecule has 0 unspecified atom stereocenters. The average Bonchev–Trinajstić information content (AvgIpc) is 3.54. The first-order chi connectivity index (χ1) is 18.3. The number of carbonyl (C=O) groups excluding carboxylic acids is 1. The topological polar surface area (TPSA) is 156 Å². The lowest BCUT2D eigenvalue weighted by Gasteiger charge is -2.32. The molecule has 0 aliphatic carbocycles. The van der Waals surface area contributed by atoms with E-state index in [0.717, 1.165) is 43.8 Å².